The molecule has 1 rings (SSSR count). The Hall–Kier alpha value is -1.36. The summed E-state index contributed by atoms with van der Waals surface area (Å²) in [6.45, 7) is 1.83. The lowest BCUT2D eigenvalue weighted by atomic mass is 10.1. The molecule has 0 aliphatic rings. The van der Waals surface area contributed by atoms with Crippen molar-refractivity contribution < 1.29 is 9.90 Å². The first-order valence-electron chi connectivity index (χ1n) is 3.58. The number of nitrogens with one attached hydrogen (secondary N) is 1. The predicted molar refractivity (Wildman–Crippen MR) is 42.6 cm³/mol. The van der Waals surface area contributed by atoms with E-state index in [1.165, 1.54) is 0 Å². The number of hydrogen-bond acceptors (Lipinski definition) is 3. The summed E-state index contributed by atoms with van der Waals surface area (Å²) >= 11 is 0. The Bertz CT molecular complexity index is 282. The summed E-state index contributed by atoms with van der Waals surface area (Å²) in [5.41, 5.74) is 7.05. The molecule has 5 heteroatoms. The van der Waals surface area contributed by atoms with Crippen LogP contribution in [-0.2, 0) is 11.2 Å². The Morgan fingerprint density at radius 2 is 2.58 bits per heavy atom. The van der Waals surface area contributed by atoms with E-state index in [0.29, 0.717) is 6.42 Å². The van der Waals surface area contributed by atoms with E-state index < -0.39 is 12.0 Å². The fourth-order valence-electron chi connectivity index (χ4n) is 0.906. The summed E-state index contributed by atoms with van der Waals surface area (Å²) in [6, 6.07) is -0.846. The second-order valence-electron chi connectivity index (χ2n) is 2.67. The molecule has 12 heavy (non-hydrogen) atoms. The lowest BCUT2D eigenvalue weighted by Crippen LogP contribution is -2.32. The molecule has 0 spiro atoms. The third-order valence-electron chi connectivity index (χ3n) is 1.69. The molecule has 5 nitrogen and oxygen atoms in total. The Morgan fingerprint density at radius 1 is 1.92 bits per heavy atom. The first-order valence-corrected chi connectivity index (χ1v) is 3.58. The molecule has 4 N–H and O–H groups in total. The van der Waals surface area contributed by atoms with Gasteiger partial charge in [-0.1, -0.05) is 0 Å². The van der Waals surface area contributed by atoms with Gasteiger partial charge in [0, 0.05) is 12.1 Å². The number of nitrogens with zero attached hydrogens (tertiary/aromatic N) is 1. The van der Waals surface area contributed by atoms with Crippen molar-refractivity contribution in [1.82, 2.24) is 10.2 Å². The summed E-state index contributed by atoms with van der Waals surface area (Å²) in [5.74, 6) is -0.990. The van der Waals surface area contributed by atoms with Gasteiger partial charge in [-0.15, -0.1) is 0 Å². The number of aromatic nitrogens is 2. The normalized spacial score (nSPS) is 12.8. The van der Waals surface area contributed by atoms with Crippen LogP contribution in [0.5, 0.6) is 0 Å². The van der Waals surface area contributed by atoms with E-state index in [0.717, 1.165) is 11.3 Å². The number of aliphatic carboxylic acids is 1. The maximum atomic E-state index is 10.4. The largest absolute Gasteiger partial charge is 0.480 e. The van der Waals surface area contributed by atoms with Crippen molar-refractivity contribution in [3.63, 3.8) is 0 Å². The fourth-order valence-corrected chi connectivity index (χ4v) is 0.906. The van der Waals surface area contributed by atoms with Crippen molar-refractivity contribution in [2.75, 3.05) is 0 Å². The molecular weight excluding hydrogens is 158 g/mol. The van der Waals surface area contributed by atoms with Crippen LogP contribution in [0.25, 0.3) is 0 Å². The van der Waals surface area contributed by atoms with E-state index in [1.807, 2.05) is 6.92 Å². The molecule has 0 amide bonds. The van der Waals surface area contributed by atoms with Gasteiger partial charge in [-0.05, 0) is 12.5 Å². The van der Waals surface area contributed by atoms with Crippen LogP contribution in [0, 0.1) is 6.92 Å². The van der Waals surface area contributed by atoms with Gasteiger partial charge < -0.3 is 10.8 Å². The molecule has 0 saturated heterocycles. The van der Waals surface area contributed by atoms with Crippen LogP contribution < -0.4 is 5.73 Å². The molecular formula is C7H11N3O2. The maximum absolute atomic E-state index is 10.4. The van der Waals surface area contributed by atoms with E-state index >= 15 is 0 Å². The zero-order valence-corrected chi connectivity index (χ0v) is 6.74. The van der Waals surface area contributed by atoms with Gasteiger partial charge in [0.2, 0.25) is 0 Å². The number of aryl methyl sites for hydroxylation is 1. The van der Waals surface area contributed by atoms with Crippen molar-refractivity contribution in [3.8, 4) is 0 Å². The van der Waals surface area contributed by atoms with Crippen molar-refractivity contribution in [2.45, 2.75) is 19.4 Å². The average molecular weight is 169 g/mol. The molecule has 66 valence electrons. The molecule has 1 atom stereocenters. The zero-order valence-electron chi connectivity index (χ0n) is 6.74. The van der Waals surface area contributed by atoms with Gasteiger partial charge in [-0.25, -0.2) is 0 Å². The van der Waals surface area contributed by atoms with Crippen LogP contribution in [0.4, 0.5) is 0 Å². The van der Waals surface area contributed by atoms with Crippen molar-refractivity contribution in [1.29, 1.82) is 0 Å². The van der Waals surface area contributed by atoms with E-state index in [1.54, 1.807) is 6.20 Å². The minimum absolute atomic E-state index is 0.317. The molecule has 0 aliphatic heterocycles. The van der Waals surface area contributed by atoms with Gasteiger partial charge in [-0.3, -0.25) is 9.89 Å². The monoisotopic (exact) mass is 169 g/mol. The van der Waals surface area contributed by atoms with Crippen LogP contribution in [0.2, 0.25) is 0 Å². The number of aromatic amines is 1. The number of nitrogens with two attached hydrogens (primary N) is 1. The Kier molecular flexibility index (Phi) is 2.44. The van der Waals surface area contributed by atoms with Crippen LogP contribution >= 0.6 is 0 Å². The summed E-state index contributed by atoms with van der Waals surface area (Å²) in [6.07, 6.45) is 1.91. The summed E-state index contributed by atoms with van der Waals surface area (Å²) < 4.78 is 0. The minimum Gasteiger partial charge on any atom is -0.480 e. The van der Waals surface area contributed by atoms with Gasteiger partial charge in [0.25, 0.3) is 0 Å². The molecule has 0 fully saturated rings. The van der Waals surface area contributed by atoms with Crippen molar-refractivity contribution in [3.05, 3.63) is 17.5 Å². The molecule has 1 aromatic rings. The quantitative estimate of drug-likeness (QED) is 0.577. The van der Waals surface area contributed by atoms with Crippen LogP contribution in [0.1, 0.15) is 11.3 Å². The molecule has 0 bridgehead atoms. The van der Waals surface area contributed by atoms with E-state index in [9.17, 15) is 4.79 Å². The van der Waals surface area contributed by atoms with Gasteiger partial charge in [0.05, 0.1) is 6.20 Å². The maximum Gasteiger partial charge on any atom is 0.320 e. The molecule has 0 aliphatic carbocycles. The Morgan fingerprint density at radius 3 is 3.00 bits per heavy atom. The molecule has 0 saturated carbocycles. The Labute approximate surface area is 69.6 Å². The highest BCUT2D eigenvalue weighted by Gasteiger charge is 2.13. The third-order valence-corrected chi connectivity index (χ3v) is 1.69. The number of hydrogen-bond donors (Lipinski definition) is 3. The highest BCUT2D eigenvalue weighted by atomic mass is 16.4. The molecule has 1 aromatic heterocycles. The number of carboxylic acids is 1. The van der Waals surface area contributed by atoms with E-state index in [-0.39, 0.29) is 0 Å². The lowest BCUT2D eigenvalue weighted by Gasteiger charge is -2.03. The average Bonchev–Trinajstić information content (AvgIpc) is 2.36. The van der Waals surface area contributed by atoms with Crippen LogP contribution in [-0.4, -0.2) is 27.3 Å². The van der Waals surface area contributed by atoms with Crippen LogP contribution in [0.3, 0.4) is 0 Å². The first-order chi connectivity index (χ1) is 5.61. The van der Waals surface area contributed by atoms with E-state index in [4.69, 9.17) is 10.8 Å². The standard InChI is InChI=1S/C7H11N3O2/c1-4-5(3-9-10-4)2-6(8)7(11)12/h3,6H,2,8H2,1H3,(H,9,10)(H,11,12). The number of carboxylic acid groups (broad SMARTS) is 1. The summed E-state index contributed by atoms with van der Waals surface area (Å²) in [4.78, 5) is 10.4. The van der Waals surface area contributed by atoms with E-state index in [2.05, 4.69) is 10.2 Å². The van der Waals surface area contributed by atoms with Gasteiger partial charge in [-0.2, -0.15) is 5.10 Å². The second kappa shape index (κ2) is 3.36. The minimum atomic E-state index is -0.990. The summed E-state index contributed by atoms with van der Waals surface area (Å²) in [5, 5.41) is 15.0. The zero-order chi connectivity index (χ0) is 9.14. The lowest BCUT2D eigenvalue weighted by molar-refractivity contribution is -0.138. The molecule has 1 unspecified atom stereocenters. The number of H-pyrrole nitrogens is 1. The van der Waals surface area contributed by atoms with Crippen molar-refractivity contribution in [2.24, 2.45) is 5.73 Å². The fraction of sp³-hybridized carbons (Fsp3) is 0.429. The second-order valence-corrected chi connectivity index (χ2v) is 2.67. The molecule has 0 aromatic carbocycles. The van der Waals surface area contributed by atoms with Crippen molar-refractivity contribution >= 4 is 5.97 Å². The highest BCUT2D eigenvalue weighted by Crippen LogP contribution is 2.04. The number of carbonyl (C=O) groups is 1. The predicted octanol–water partition coefficient (Wildman–Crippen LogP) is -0.327. The molecule has 0 radical (unpaired) electrons. The van der Waals surface area contributed by atoms with Crippen LogP contribution in [0.15, 0.2) is 6.20 Å². The summed E-state index contributed by atoms with van der Waals surface area (Å²) in [7, 11) is 0. The molecule has 1 heterocycles. The SMILES string of the molecule is Cc1[nH]ncc1CC(N)C(=O)O. The Balaban J connectivity index is 2.64. The van der Waals surface area contributed by atoms with Gasteiger partial charge in [0.1, 0.15) is 6.04 Å². The first kappa shape index (κ1) is 8.73. The smallest absolute Gasteiger partial charge is 0.320 e. The van der Waals surface area contributed by atoms with Gasteiger partial charge >= 0.3 is 5.97 Å². The van der Waals surface area contributed by atoms with Gasteiger partial charge in [0.15, 0.2) is 0 Å². The third kappa shape index (κ3) is 1.82. The topological polar surface area (TPSA) is 92.0 Å². The highest BCUT2D eigenvalue weighted by molar-refractivity contribution is 5.73. The number of rotatable bonds is 3.